The molecule has 2 aromatic rings. The van der Waals surface area contributed by atoms with Crippen molar-refractivity contribution in [1.82, 2.24) is 10.2 Å². The van der Waals surface area contributed by atoms with E-state index >= 15 is 0 Å². The molecule has 0 saturated heterocycles. The zero-order valence-corrected chi connectivity index (χ0v) is 10.7. The average Bonchev–Trinajstić information content (AvgIpc) is 2.85. The Balaban J connectivity index is 2.28. The molecule has 1 aromatic heterocycles. The maximum atomic E-state index is 12.1. The number of aromatic amines is 1. The number of ether oxygens (including phenoxy) is 1. The lowest BCUT2D eigenvalue weighted by Crippen LogP contribution is -2.14. The van der Waals surface area contributed by atoms with Crippen molar-refractivity contribution in [3.05, 3.63) is 40.5 Å². The van der Waals surface area contributed by atoms with Gasteiger partial charge in [0.15, 0.2) is 0 Å². The van der Waals surface area contributed by atoms with Crippen LogP contribution in [0.3, 0.4) is 0 Å². The summed E-state index contributed by atoms with van der Waals surface area (Å²) in [7, 11) is 1.44. The molecule has 6 nitrogen and oxygen atoms in total. The number of H-pyrrole nitrogens is 1. The van der Waals surface area contributed by atoms with Crippen LogP contribution >= 0.6 is 11.6 Å². The number of carbonyl (C=O) groups is 1. The van der Waals surface area contributed by atoms with E-state index in [4.69, 9.17) is 21.6 Å². The number of methoxy groups -OCH3 is 1. The minimum atomic E-state index is -0.422. The molecule has 0 aliphatic rings. The Hall–Kier alpha value is -2.52. The van der Waals surface area contributed by atoms with Gasteiger partial charge in [-0.05, 0) is 18.2 Å². The van der Waals surface area contributed by atoms with E-state index in [-0.39, 0.29) is 11.4 Å². The van der Waals surface area contributed by atoms with E-state index in [1.165, 1.54) is 19.4 Å². The van der Waals surface area contributed by atoms with E-state index in [0.717, 1.165) is 0 Å². The van der Waals surface area contributed by atoms with E-state index in [0.29, 0.717) is 16.3 Å². The van der Waals surface area contributed by atoms with E-state index in [2.05, 4.69) is 15.5 Å². The minimum absolute atomic E-state index is 0.240. The molecule has 0 radical (unpaired) electrons. The summed E-state index contributed by atoms with van der Waals surface area (Å²) in [5.74, 6) is 0.168. The fourth-order valence-electron chi connectivity index (χ4n) is 1.50. The Bertz CT molecular complexity index is 660. The first kappa shape index (κ1) is 12.9. The van der Waals surface area contributed by atoms with Crippen LogP contribution < -0.4 is 10.1 Å². The van der Waals surface area contributed by atoms with Gasteiger partial charge in [0.1, 0.15) is 23.2 Å². The third-order valence-corrected chi connectivity index (χ3v) is 2.64. The summed E-state index contributed by atoms with van der Waals surface area (Å²) >= 11 is 5.82. The summed E-state index contributed by atoms with van der Waals surface area (Å²) in [4.78, 5) is 12.1. The lowest BCUT2D eigenvalue weighted by molar-refractivity contribution is 0.102. The highest BCUT2D eigenvalue weighted by Crippen LogP contribution is 2.24. The summed E-state index contributed by atoms with van der Waals surface area (Å²) in [6.07, 6.45) is 1.33. The number of nitrogens with one attached hydrogen (secondary N) is 2. The number of nitriles is 1. The van der Waals surface area contributed by atoms with E-state index < -0.39 is 5.91 Å². The van der Waals surface area contributed by atoms with Gasteiger partial charge in [0.05, 0.1) is 18.9 Å². The van der Waals surface area contributed by atoms with Crippen LogP contribution in [0.15, 0.2) is 24.4 Å². The van der Waals surface area contributed by atoms with Gasteiger partial charge in [0.2, 0.25) is 0 Å². The van der Waals surface area contributed by atoms with Gasteiger partial charge in [-0.1, -0.05) is 11.6 Å². The normalized spacial score (nSPS) is 9.74. The van der Waals surface area contributed by atoms with Crippen molar-refractivity contribution in [2.24, 2.45) is 0 Å². The second kappa shape index (κ2) is 5.42. The summed E-state index contributed by atoms with van der Waals surface area (Å²) in [5.41, 5.74) is 0.562. The summed E-state index contributed by atoms with van der Waals surface area (Å²) < 4.78 is 5.09. The molecule has 0 atom stereocenters. The smallest absolute Gasteiger partial charge is 0.260 e. The molecule has 0 unspecified atom stereocenters. The zero-order valence-electron chi connectivity index (χ0n) is 9.90. The van der Waals surface area contributed by atoms with Gasteiger partial charge in [-0.2, -0.15) is 10.4 Å². The van der Waals surface area contributed by atoms with E-state index in [9.17, 15) is 4.79 Å². The van der Waals surface area contributed by atoms with Crippen LogP contribution in [-0.4, -0.2) is 23.2 Å². The highest BCUT2D eigenvalue weighted by Gasteiger charge is 2.15. The molecule has 0 saturated carbocycles. The van der Waals surface area contributed by atoms with Gasteiger partial charge in [-0.15, -0.1) is 0 Å². The second-order valence-electron chi connectivity index (χ2n) is 3.57. The number of benzene rings is 1. The molecule has 2 rings (SSSR count). The Morgan fingerprint density at radius 2 is 2.37 bits per heavy atom. The molecule has 1 aromatic carbocycles. The van der Waals surface area contributed by atoms with Crippen molar-refractivity contribution >= 4 is 23.3 Å². The second-order valence-corrected chi connectivity index (χ2v) is 4.01. The molecule has 0 spiro atoms. The van der Waals surface area contributed by atoms with Crippen molar-refractivity contribution in [3.8, 4) is 11.8 Å². The number of hydrogen-bond donors (Lipinski definition) is 2. The molecule has 1 amide bonds. The van der Waals surface area contributed by atoms with Crippen molar-refractivity contribution in [2.75, 3.05) is 12.4 Å². The molecule has 96 valence electrons. The molecule has 1 heterocycles. The van der Waals surface area contributed by atoms with Gasteiger partial charge in [0.25, 0.3) is 5.91 Å². The van der Waals surface area contributed by atoms with Crippen molar-refractivity contribution < 1.29 is 9.53 Å². The molecule has 0 aliphatic carbocycles. The maximum Gasteiger partial charge on any atom is 0.260 e. The molecule has 2 N–H and O–H groups in total. The summed E-state index contributed by atoms with van der Waals surface area (Å²) in [5, 5.41) is 18.1. The third kappa shape index (κ3) is 2.67. The number of nitrogens with zero attached hydrogens (tertiary/aromatic N) is 2. The molecule has 0 fully saturated rings. The Kier molecular flexibility index (Phi) is 3.68. The van der Waals surface area contributed by atoms with Gasteiger partial charge < -0.3 is 10.1 Å². The Morgan fingerprint density at radius 3 is 3.05 bits per heavy atom. The third-order valence-electron chi connectivity index (χ3n) is 2.41. The number of rotatable bonds is 3. The quantitative estimate of drug-likeness (QED) is 0.899. The van der Waals surface area contributed by atoms with Crippen LogP contribution in [-0.2, 0) is 0 Å². The van der Waals surface area contributed by atoms with Crippen molar-refractivity contribution in [3.63, 3.8) is 0 Å². The SMILES string of the molecule is COc1cc(Cl)ccc1C(=O)Nc1[nH]ncc1C#N. The number of halogens is 1. The van der Waals surface area contributed by atoms with Gasteiger partial charge in [-0.3, -0.25) is 9.89 Å². The summed E-state index contributed by atoms with van der Waals surface area (Å²) in [6, 6.07) is 6.57. The van der Waals surface area contributed by atoms with Gasteiger partial charge in [0, 0.05) is 5.02 Å². The highest BCUT2D eigenvalue weighted by molar-refractivity contribution is 6.31. The average molecular weight is 277 g/mol. The fraction of sp³-hybridized carbons (Fsp3) is 0.0833. The van der Waals surface area contributed by atoms with Crippen LogP contribution in [0.4, 0.5) is 5.82 Å². The first-order valence-electron chi connectivity index (χ1n) is 5.24. The molecule has 7 heteroatoms. The number of hydrogen-bond acceptors (Lipinski definition) is 4. The first-order valence-corrected chi connectivity index (χ1v) is 5.62. The predicted octanol–water partition coefficient (Wildman–Crippen LogP) is 2.20. The number of anilines is 1. The first-order chi connectivity index (χ1) is 9.15. The Morgan fingerprint density at radius 1 is 1.58 bits per heavy atom. The van der Waals surface area contributed by atoms with Gasteiger partial charge in [-0.25, -0.2) is 0 Å². The highest BCUT2D eigenvalue weighted by atomic mass is 35.5. The van der Waals surface area contributed by atoms with E-state index in [1.54, 1.807) is 12.1 Å². The summed E-state index contributed by atoms with van der Waals surface area (Å²) in [6.45, 7) is 0. The van der Waals surface area contributed by atoms with Crippen LogP contribution in [0.1, 0.15) is 15.9 Å². The van der Waals surface area contributed by atoms with Crippen LogP contribution in [0, 0.1) is 11.3 Å². The monoisotopic (exact) mass is 276 g/mol. The number of amides is 1. The lowest BCUT2D eigenvalue weighted by Gasteiger charge is -2.08. The molecule has 19 heavy (non-hydrogen) atoms. The van der Waals surface area contributed by atoms with Crippen molar-refractivity contribution in [2.45, 2.75) is 0 Å². The lowest BCUT2D eigenvalue weighted by atomic mass is 10.2. The standard InChI is InChI=1S/C12H9ClN4O2/c1-19-10-4-8(13)2-3-9(10)12(18)16-11-7(5-14)6-15-17-11/h2-4,6H,1H3,(H2,15,16,17,18). The molecule has 0 aliphatic heterocycles. The number of aromatic nitrogens is 2. The maximum absolute atomic E-state index is 12.1. The predicted molar refractivity (Wildman–Crippen MR) is 69.3 cm³/mol. The van der Waals surface area contributed by atoms with Crippen LogP contribution in [0.5, 0.6) is 5.75 Å². The molecular formula is C12H9ClN4O2. The Labute approximate surface area is 114 Å². The topological polar surface area (TPSA) is 90.8 Å². The van der Waals surface area contributed by atoms with E-state index in [1.807, 2.05) is 6.07 Å². The fourth-order valence-corrected chi connectivity index (χ4v) is 1.66. The molecular weight excluding hydrogens is 268 g/mol. The largest absolute Gasteiger partial charge is 0.496 e. The van der Waals surface area contributed by atoms with Crippen LogP contribution in [0.2, 0.25) is 5.02 Å². The van der Waals surface area contributed by atoms with Crippen LogP contribution in [0.25, 0.3) is 0 Å². The zero-order chi connectivity index (χ0) is 13.8. The van der Waals surface area contributed by atoms with Gasteiger partial charge >= 0.3 is 0 Å². The van der Waals surface area contributed by atoms with Crippen molar-refractivity contribution in [1.29, 1.82) is 5.26 Å². The number of carbonyl (C=O) groups excluding carboxylic acids is 1. The minimum Gasteiger partial charge on any atom is -0.496 e. The molecule has 0 bridgehead atoms.